The van der Waals surface area contributed by atoms with Gasteiger partial charge in [-0.1, -0.05) is 6.07 Å². The van der Waals surface area contributed by atoms with Crippen molar-refractivity contribution in [2.75, 3.05) is 45.2 Å². The molecule has 1 aromatic carbocycles. The number of amides is 2. The number of carbonyl (C=O) groups excluding carboxylic acids is 2. The normalized spacial score (nSPS) is 16.8. The van der Waals surface area contributed by atoms with Gasteiger partial charge in [0.25, 0.3) is 17.7 Å². The highest BCUT2D eigenvalue weighted by molar-refractivity contribution is 5.94. The number of hydrogen-bond donors (Lipinski definition) is 0. The lowest BCUT2D eigenvalue weighted by atomic mass is 10.0. The number of fused-ring (bicyclic) bond motifs is 1. The maximum absolute atomic E-state index is 15.3. The summed E-state index contributed by atoms with van der Waals surface area (Å²) in [5.74, 6) is -4.36. The third-order valence-electron chi connectivity index (χ3n) is 7.86. The second-order valence-electron chi connectivity index (χ2n) is 11.1. The summed E-state index contributed by atoms with van der Waals surface area (Å²) in [7, 11) is 3.17. The molecular formula is C29H28F4N8O2. The van der Waals surface area contributed by atoms with Crippen molar-refractivity contribution in [2.24, 2.45) is 0 Å². The number of likely N-dealkylation sites (tertiary alicyclic amines) is 1. The molecule has 0 atom stereocenters. The van der Waals surface area contributed by atoms with Crippen molar-refractivity contribution in [3.63, 3.8) is 0 Å². The first-order valence-electron chi connectivity index (χ1n) is 13.7. The third-order valence-corrected chi connectivity index (χ3v) is 7.86. The van der Waals surface area contributed by atoms with Gasteiger partial charge in [-0.15, -0.1) is 0 Å². The Bertz CT molecular complexity index is 1690. The van der Waals surface area contributed by atoms with Gasteiger partial charge in [-0.2, -0.15) is 0 Å². The SMILES string of the molecule is CN(C)C(=O)c1ccc(Cc2ncnc3c2c(F)cn3C2CCN(c3ncc(C(=O)N4CC(F)(F)C4)cn3)CC2)c(F)c1. The summed E-state index contributed by atoms with van der Waals surface area (Å²) in [5, 5.41) is 0.223. The topological polar surface area (TPSA) is 100 Å². The van der Waals surface area contributed by atoms with Gasteiger partial charge in [-0.25, -0.2) is 37.5 Å². The third kappa shape index (κ3) is 5.48. The summed E-state index contributed by atoms with van der Waals surface area (Å²) >= 11 is 0. The van der Waals surface area contributed by atoms with Crippen LogP contribution in [0.25, 0.3) is 11.0 Å². The molecule has 3 aromatic heterocycles. The average molecular weight is 597 g/mol. The molecule has 0 saturated carbocycles. The Morgan fingerprint density at radius 2 is 1.67 bits per heavy atom. The Hall–Kier alpha value is -4.62. The highest BCUT2D eigenvalue weighted by Gasteiger charge is 2.46. The first-order chi connectivity index (χ1) is 20.5. The van der Waals surface area contributed by atoms with Crippen LogP contribution < -0.4 is 4.90 Å². The Labute approximate surface area is 244 Å². The molecule has 14 heteroatoms. The molecule has 10 nitrogen and oxygen atoms in total. The summed E-state index contributed by atoms with van der Waals surface area (Å²) in [6.07, 6.45) is 6.71. The minimum absolute atomic E-state index is 0.0245. The molecule has 0 aliphatic carbocycles. The number of nitrogens with zero attached hydrogens (tertiary/aromatic N) is 8. The summed E-state index contributed by atoms with van der Waals surface area (Å²) < 4.78 is 58.2. The van der Waals surface area contributed by atoms with Crippen LogP contribution >= 0.6 is 0 Å². The van der Waals surface area contributed by atoms with Crippen LogP contribution in [0.2, 0.25) is 0 Å². The van der Waals surface area contributed by atoms with E-state index in [1.807, 2.05) is 4.90 Å². The van der Waals surface area contributed by atoms with Crippen molar-refractivity contribution in [1.29, 1.82) is 0 Å². The van der Waals surface area contributed by atoms with E-state index in [-0.39, 0.29) is 40.4 Å². The van der Waals surface area contributed by atoms with Crippen molar-refractivity contribution in [3.05, 3.63) is 77.1 Å². The summed E-state index contributed by atoms with van der Waals surface area (Å²) in [4.78, 5) is 46.0. The molecule has 2 saturated heterocycles. The van der Waals surface area contributed by atoms with Crippen LogP contribution in [-0.4, -0.2) is 92.3 Å². The molecule has 2 fully saturated rings. The number of alkyl halides is 2. The largest absolute Gasteiger partial charge is 0.345 e. The summed E-state index contributed by atoms with van der Waals surface area (Å²) in [6.45, 7) is -0.103. The van der Waals surface area contributed by atoms with E-state index >= 15 is 4.39 Å². The molecule has 224 valence electrons. The molecule has 5 heterocycles. The van der Waals surface area contributed by atoms with E-state index in [0.717, 1.165) is 4.90 Å². The predicted molar refractivity (Wildman–Crippen MR) is 148 cm³/mol. The van der Waals surface area contributed by atoms with E-state index in [2.05, 4.69) is 19.9 Å². The van der Waals surface area contributed by atoms with Crippen LogP contribution in [0.5, 0.6) is 0 Å². The van der Waals surface area contributed by atoms with E-state index in [0.29, 0.717) is 43.2 Å². The van der Waals surface area contributed by atoms with Gasteiger partial charge < -0.3 is 19.3 Å². The first kappa shape index (κ1) is 28.5. The monoisotopic (exact) mass is 596 g/mol. The molecule has 2 aliphatic heterocycles. The molecule has 0 radical (unpaired) electrons. The van der Waals surface area contributed by atoms with E-state index in [9.17, 15) is 22.8 Å². The number of anilines is 1. The molecule has 0 N–H and O–H groups in total. The molecule has 2 aliphatic rings. The minimum atomic E-state index is -2.85. The maximum Gasteiger partial charge on any atom is 0.282 e. The number of rotatable bonds is 6. The van der Waals surface area contributed by atoms with Crippen LogP contribution in [0.3, 0.4) is 0 Å². The lowest BCUT2D eigenvalue weighted by Crippen LogP contribution is -2.58. The number of hydrogen-bond acceptors (Lipinski definition) is 7. The number of piperidine rings is 1. The van der Waals surface area contributed by atoms with Crippen molar-refractivity contribution < 1.29 is 27.2 Å². The predicted octanol–water partition coefficient (Wildman–Crippen LogP) is 3.72. The zero-order valence-electron chi connectivity index (χ0n) is 23.5. The zero-order valence-corrected chi connectivity index (χ0v) is 23.5. The lowest BCUT2D eigenvalue weighted by Gasteiger charge is -2.38. The Kier molecular flexibility index (Phi) is 7.22. The van der Waals surface area contributed by atoms with E-state index in [4.69, 9.17) is 0 Å². The Balaban J connectivity index is 1.14. The fraction of sp³-hybridized carbons (Fsp3) is 0.379. The number of benzene rings is 1. The van der Waals surface area contributed by atoms with E-state index in [1.165, 1.54) is 48.0 Å². The Morgan fingerprint density at radius 1 is 0.977 bits per heavy atom. The zero-order chi connectivity index (χ0) is 30.5. The average Bonchev–Trinajstić information content (AvgIpc) is 3.33. The van der Waals surface area contributed by atoms with E-state index < -0.39 is 36.6 Å². The molecule has 4 aromatic rings. The van der Waals surface area contributed by atoms with Crippen LogP contribution in [-0.2, 0) is 6.42 Å². The van der Waals surface area contributed by atoms with Crippen LogP contribution in [0.15, 0.2) is 43.1 Å². The van der Waals surface area contributed by atoms with Crippen molar-refractivity contribution >= 4 is 28.8 Å². The summed E-state index contributed by atoms with van der Waals surface area (Å²) in [5.41, 5.74) is 1.41. The molecule has 0 unspecified atom stereocenters. The van der Waals surface area contributed by atoms with E-state index in [1.54, 1.807) is 18.7 Å². The Morgan fingerprint density at radius 3 is 2.30 bits per heavy atom. The lowest BCUT2D eigenvalue weighted by molar-refractivity contribution is -0.113. The standard InChI is InChI=1S/C29H28F4N8O2/c1-38(2)26(42)18-4-3-17(21(30)9-18)10-23-24-22(31)13-41(25(24)37-16-36-23)20-5-7-39(8-6-20)28-34-11-19(12-35-28)27(43)40-14-29(32,33)15-40/h3-4,9,11-13,16,20H,5-8,10,14-15H2,1-2H3. The quantitative estimate of drug-likeness (QED) is 0.313. The number of halogens is 4. The van der Waals surface area contributed by atoms with Crippen molar-refractivity contribution in [1.82, 2.24) is 34.3 Å². The van der Waals surface area contributed by atoms with Gasteiger partial charge >= 0.3 is 0 Å². The van der Waals surface area contributed by atoms with Gasteiger partial charge in [0.15, 0.2) is 5.82 Å². The molecular weight excluding hydrogens is 568 g/mol. The summed E-state index contributed by atoms with van der Waals surface area (Å²) in [6, 6.07) is 4.15. The molecule has 0 bridgehead atoms. The van der Waals surface area contributed by atoms with Gasteiger partial charge in [0.2, 0.25) is 5.95 Å². The van der Waals surface area contributed by atoms with Crippen LogP contribution in [0.4, 0.5) is 23.5 Å². The van der Waals surface area contributed by atoms with Gasteiger partial charge in [-0.05, 0) is 30.5 Å². The van der Waals surface area contributed by atoms with Crippen LogP contribution in [0.1, 0.15) is 50.9 Å². The number of carbonyl (C=O) groups is 2. The molecule has 2 amide bonds. The smallest absolute Gasteiger partial charge is 0.282 e. The maximum atomic E-state index is 15.3. The second-order valence-corrected chi connectivity index (χ2v) is 11.1. The number of aromatic nitrogens is 5. The molecule has 6 rings (SSSR count). The van der Waals surface area contributed by atoms with Crippen molar-refractivity contribution in [2.45, 2.75) is 31.2 Å². The fourth-order valence-corrected chi connectivity index (χ4v) is 5.55. The van der Waals surface area contributed by atoms with Gasteiger partial charge in [-0.3, -0.25) is 9.59 Å². The first-order valence-corrected chi connectivity index (χ1v) is 13.7. The molecule has 0 spiro atoms. The minimum Gasteiger partial charge on any atom is -0.345 e. The van der Waals surface area contributed by atoms with Crippen LogP contribution in [0, 0.1) is 11.6 Å². The van der Waals surface area contributed by atoms with Gasteiger partial charge in [0.1, 0.15) is 17.8 Å². The van der Waals surface area contributed by atoms with Crippen molar-refractivity contribution in [3.8, 4) is 0 Å². The second kappa shape index (κ2) is 10.9. The van der Waals surface area contributed by atoms with Gasteiger partial charge in [0.05, 0.1) is 29.7 Å². The van der Waals surface area contributed by atoms with Gasteiger partial charge in [0, 0.05) is 63.8 Å². The fourth-order valence-electron chi connectivity index (χ4n) is 5.55. The molecule has 43 heavy (non-hydrogen) atoms. The highest BCUT2D eigenvalue weighted by atomic mass is 19.3. The highest BCUT2D eigenvalue weighted by Crippen LogP contribution is 2.32.